The highest BCUT2D eigenvalue weighted by Gasteiger charge is 2.21. The Balaban J connectivity index is 1.68. The van der Waals surface area contributed by atoms with E-state index in [1.54, 1.807) is 18.2 Å². The summed E-state index contributed by atoms with van der Waals surface area (Å²) in [5.41, 5.74) is 1.41. The quantitative estimate of drug-likeness (QED) is 0.270. The summed E-state index contributed by atoms with van der Waals surface area (Å²) in [6.45, 7) is -0.123. The highest BCUT2D eigenvalue weighted by atomic mass is 16.7. The van der Waals surface area contributed by atoms with Gasteiger partial charge in [0.1, 0.15) is 18.4 Å². The topological polar surface area (TPSA) is 130 Å². The normalized spacial score (nSPS) is 12.4. The number of nitro benzene ring substituents is 1. The Labute approximate surface area is 177 Å². The molecule has 0 spiro atoms. The van der Waals surface area contributed by atoms with E-state index >= 15 is 0 Å². The number of ether oxygens (including phenoxy) is 5. The zero-order valence-corrected chi connectivity index (χ0v) is 16.5. The first-order chi connectivity index (χ1) is 15.0. The molecule has 31 heavy (non-hydrogen) atoms. The van der Waals surface area contributed by atoms with Crippen LogP contribution in [0.25, 0.3) is 6.08 Å². The van der Waals surface area contributed by atoms with Crippen molar-refractivity contribution in [2.45, 2.75) is 13.2 Å². The van der Waals surface area contributed by atoms with Gasteiger partial charge < -0.3 is 23.7 Å². The van der Waals surface area contributed by atoms with Gasteiger partial charge in [-0.05, 0) is 23.8 Å². The van der Waals surface area contributed by atoms with Gasteiger partial charge in [0.05, 0.1) is 18.6 Å². The number of nitrogens with zero attached hydrogens (tertiary/aromatic N) is 2. The lowest BCUT2D eigenvalue weighted by atomic mass is 10.1. The number of methoxy groups -OCH3 is 1. The van der Waals surface area contributed by atoms with Crippen LogP contribution in [0.3, 0.4) is 0 Å². The molecule has 0 saturated carbocycles. The number of nitro groups is 1. The van der Waals surface area contributed by atoms with Gasteiger partial charge in [0.2, 0.25) is 0 Å². The summed E-state index contributed by atoms with van der Waals surface area (Å²) in [6, 6.07) is 9.50. The minimum absolute atomic E-state index is 0.0154. The van der Waals surface area contributed by atoms with Crippen molar-refractivity contribution in [1.82, 2.24) is 0 Å². The fourth-order valence-electron chi connectivity index (χ4n) is 2.87. The van der Waals surface area contributed by atoms with Crippen molar-refractivity contribution in [3.63, 3.8) is 0 Å². The Kier molecular flexibility index (Phi) is 7.03. The number of benzene rings is 2. The van der Waals surface area contributed by atoms with Crippen LogP contribution in [0, 0.1) is 21.4 Å². The molecule has 2 aromatic carbocycles. The van der Waals surface area contributed by atoms with Crippen molar-refractivity contribution in [1.29, 1.82) is 5.26 Å². The van der Waals surface area contributed by atoms with Gasteiger partial charge in [-0.25, -0.2) is 4.79 Å². The molecule has 0 amide bonds. The monoisotopic (exact) mass is 426 g/mol. The molecule has 0 fully saturated rings. The molecule has 3 rings (SSSR count). The van der Waals surface area contributed by atoms with Crippen LogP contribution >= 0.6 is 0 Å². The summed E-state index contributed by atoms with van der Waals surface area (Å²) in [7, 11) is 1.46. The number of non-ortho nitro benzene ring substituents is 1. The number of rotatable bonds is 8. The molecule has 0 unspecified atom stereocenters. The molecule has 0 aromatic heterocycles. The van der Waals surface area contributed by atoms with E-state index in [4.69, 9.17) is 28.9 Å². The molecular weight excluding hydrogens is 408 g/mol. The van der Waals surface area contributed by atoms with Gasteiger partial charge in [-0.3, -0.25) is 10.1 Å². The van der Waals surface area contributed by atoms with E-state index in [2.05, 4.69) is 0 Å². The lowest BCUT2D eigenvalue weighted by molar-refractivity contribution is -0.385. The van der Waals surface area contributed by atoms with Crippen molar-refractivity contribution in [3.05, 3.63) is 63.2 Å². The minimum Gasteiger partial charge on any atom is -0.493 e. The number of hydrogen-bond donors (Lipinski definition) is 0. The molecule has 2 aromatic rings. The number of fused-ring (bicyclic) bond motifs is 1. The van der Waals surface area contributed by atoms with E-state index in [9.17, 15) is 14.9 Å². The average Bonchev–Trinajstić information content (AvgIpc) is 2.79. The van der Waals surface area contributed by atoms with Crippen molar-refractivity contribution in [3.8, 4) is 23.3 Å². The van der Waals surface area contributed by atoms with E-state index in [1.807, 2.05) is 6.07 Å². The first-order valence-electron chi connectivity index (χ1n) is 9.05. The number of esters is 1. The van der Waals surface area contributed by atoms with Gasteiger partial charge in [-0.1, -0.05) is 6.07 Å². The maximum Gasteiger partial charge on any atom is 0.331 e. The Hall–Kier alpha value is -4.10. The minimum atomic E-state index is -0.643. The molecule has 10 nitrogen and oxygen atoms in total. The van der Waals surface area contributed by atoms with Gasteiger partial charge in [0, 0.05) is 29.3 Å². The number of carbonyl (C=O) groups is 1. The lowest BCUT2D eigenvalue weighted by Gasteiger charge is -2.20. The second-order valence-electron chi connectivity index (χ2n) is 6.26. The van der Waals surface area contributed by atoms with Gasteiger partial charge >= 0.3 is 5.97 Å². The summed E-state index contributed by atoms with van der Waals surface area (Å²) in [5.74, 6) is 0.596. The van der Waals surface area contributed by atoms with Crippen LogP contribution in [0.15, 0.2) is 36.4 Å². The van der Waals surface area contributed by atoms with Crippen LogP contribution in [-0.2, 0) is 27.5 Å². The van der Waals surface area contributed by atoms with Gasteiger partial charge in [0.15, 0.2) is 24.9 Å². The van der Waals surface area contributed by atoms with Crippen LogP contribution in [0.2, 0.25) is 0 Å². The van der Waals surface area contributed by atoms with E-state index in [1.165, 1.54) is 31.4 Å². The molecule has 0 radical (unpaired) electrons. The van der Waals surface area contributed by atoms with E-state index in [0.717, 1.165) is 0 Å². The first-order valence-corrected chi connectivity index (χ1v) is 9.05. The molecule has 0 atom stereocenters. The Morgan fingerprint density at radius 3 is 2.90 bits per heavy atom. The van der Waals surface area contributed by atoms with Crippen molar-refractivity contribution in [2.24, 2.45) is 0 Å². The van der Waals surface area contributed by atoms with Gasteiger partial charge in [-0.2, -0.15) is 5.26 Å². The Morgan fingerprint density at radius 2 is 2.16 bits per heavy atom. The van der Waals surface area contributed by atoms with E-state index in [-0.39, 0.29) is 32.3 Å². The van der Waals surface area contributed by atoms with E-state index < -0.39 is 10.9 Å². The third kappa shape index (κ3) is 5.49. The highest BCUT2D eigenvalue weighted by molar-refractivity contribution is 5.87. The zero-order valence-electron chi connectivity index (χ0n) is 16.5. The Morgan fingerprint density at radius 1 is 1.32 bits per heavy atom. The smallest absolute Gasteiger partial charge is 0.331 e. The summed E-state index contributed by atoms with van der Waals surface area (Å²) >= 11 is 0. The molecule has 1 aliphatic heterocycles. The maximum atomic E-state index is 12.1. The standard InChI is InChI=1S/C21H18N2O8/c1-27-19-8-14(2-4-18(19)29-7-6-22)3-5-20(24)30-12-16-10-17(23(25)26)9-15-11-28-13-31-21(15)16/h2-5,8-10H,7,11-13H2,1H3. The highest BCUT2D eigenvalue weighted by Crippen LogP contribution is 2.33. The van der Waals surface area contributed by atoms with Crippen LogP contribution in [-0.4, -0.2) is 31.4 Å². The molecule has 0 bridgehead atoms. The number of hydrogen-bond acceptors (Lipinski definition) is 9. The average molecular weight is 426 g/mol. The molecular formula is C21H18N2O8. The third-order valence-corrected chi connectivity index (χ3v) is 4.24. The summed E-state index contributed by atoms with van der Waals surface area (Å²) in [4.78, 5) is 22.7. The van der Waals surface area contributed by atoms with Crippen molar-refractivity contribution < 1.29 is 33.4 Å². The van der Waals surface area contributed by atoms with Crippen LogP contribution in [0.4, 0.5) is 5.69 Å². The zero-order chi connectivity index (χ0) is 22.2. The fourth-order valence-corrected chi connectivity index (χ4v) is 2.87. The molecule has 0 saturated heterocycles. The van der Waals surface area contributed by atoms with E-state index in [0.29, 0.717) is 33.9 Å². The van der Waals surface area contributed by atoms with Crippen LogP contribution < -0.4 is 14.2 Å². The van der Waals surface area contributed by atoms with Gasteiger partial charge in [0.25, 0.3) is 5.69 Å². The fraction of sp³-hybridized carbons (Fsp3) is 0.238. The maximum absolute atomic E-state index is 12.1. The lowest BCUT2D eigenvalue weighted by Crippen LogP contribution is -2.14. The second-order valence-corrected chi connectivity index (χ2v) is 6.26. The number of nitriles is 1. The summed E-state index contributed by atoms with van der Waals surface area (Å²) in [6.07, 6.45) is 2.74. The molecule has 0 aliphatic carbocycles. The molecule has 10 heteroatoms. The van der Waals surface area contributed by atoms with Crippen molar-refractivity contribution >= 4 is 17.7 Å². The molecule has 1 aliphatic rings. The SMILES string of the molecule is COc1cc(C=CC(=O)OCc2cc([N+](=O)[O-])cc3c2OCOC3)ccc1OCC#N. The largest absolute Gasteiger partial charge is 0.493 e. The van der Waals surface area contributed by atoms with Crippen molar-refractivity contribution in [2.75, 3.05) is 20.5 Å². The molecule has 0 N–H and O–H groups in total. The molecule has 1 heterocycles. The second kappa shape index (κ2) is 10.1. The van der Waals surface area contributed by atoms with Crippen LogP contribution in [0.1, 0.15) is 16.7 Å². The summed E-state index contributed by atoms with van der Waals surface area (Å²) in [5, 5.41) is 19.7. The Bertz CT molecular complexity index is 1060. The predicted octanol–water partition coefficient (Wildman–Crippen LogP) is 3.13. The first kappa shape index (κ1) is 21.6. The predicted molar refractivity (Wildman–Crippen MR) is 106 cm³/mol. The van der Waals surface area contributed by atoms with Gasteiger partial charge in [-0.15, -0.1) is 0 Å². The third-order valence-electron chi connectivity index (χ3n) is 4.24. The number of carbonyl (C=O) groups excluding carboxylic acids is 1. The van der Waals surface area contributed by atoms with Crippen LogP contribution in [0.5, 0.6) is 17.2 Å². The molecule has 160 valence electrons. The summed E-state index contributed by atoms with van der Waals surface area (Å²) < 4.78 is 26.2.